The molecular formula is C14H19BrClNO. The third-order valence-electron chi connectivity index (χ3n) is 3.37. The number of anilines is 1. The zero-order chi connectivity index (χ0) is 13.0. The summed E-state index contributed by atoms with van der Waals surface area (Å²) in [5.74, 6) is 0. The van der Waals surface area contributed by atoms with Crippen molar-refractivity contribution in [2.75, 3.05) is 25.1 Å². The largest absolute Gasteiger partial charge is 0.376 e. The first-order chi connectivity index (χ1) is 8.70. The van der Waals surface area contributed by atoms with Crippen LogP contribution in [0.5, 0.6) is 0 Å². The number of likely N-dealkylation sites (N-methyl/N-ethyl adjacent to an activating group) is 1. The van der Waals surface area contributed by atoms with E-state index in [-0.39, 0.29) is 0 Å². The Kier molecular flexibility index (Phi) is 5.34. The van der Waals surface area contributed by atoms with Gasteiger partial charge in [-0.05, 0) is 37.0 Å². The lowest BCUT2D eigenvalue weighted by atomic mass is 10.1. The maximum Gasteiger partial charge on any atom is 0.0749 e. The first kappa shape index (κ1) is 14.2. The summed E-state index contributed by atoms with van der Waals surface area (Å²) < 4.78 is 5.76. The molecule has 0 N–H and O–H groups in total. The molecule has 18 heavy (non-hydrogen) atoms. The predicted molar refractivity (Wildman–Crippen MR) is 80.9 cm³/mol. The van der Waals surface area contributed by atoms with Crippen LogP contribution in [0.1, 0.15) is 24.8 Å². The van der Waals surface area contributed by atoms with Crippen molar-refractivity contribution in [2.24, 2.45) is 0 Å². The summed E-state index contributed by atoms with van der Waals surface area (Å²) in [4.78, 5) is 2.22. The van der Waals surface area contributed by atoms with Crippen LogP contribution in [0, 0.1) is 0 Å². The molecule has 1 aliphatic heterocycles. The highest BCUT2D eigenvalue weighted by Gasteiger charge is 2.16. The Morgan fingerprint density at radius 1 is 1.44 bits per heavy atom. The van der Waals surface area contributed by atoms with E-state index >= 15 is 0 Å². The molecule has 100 valence electrons. The summed E-state index contributed by atoms with van der Waals surface area (Å²) in [6.07, 6.45) is 4.00. The Morgan fingerprint density at radius 3 is 2.89 bits per heavy atom. The SMILES string of the molecule is CN(CC1CCCCO1)c1ccc(CBr)c(Cl)c1. The molecule has 0 radical (unpaired) electrons. The van der Waals surface area contributed by atoms with Crippen molar-refractivity contribution in [1.82, 2.24) is 0 Å². The lowest BCUT2D eigenvalue weighted by molar-refractivity contribution is 0.0216. The minimum absolute atomic E-state index is 0.360. The second-order valence-electron chi connectivity index (χ2n) is 4.78. The molecule has 2 rings (SSSR count). The molecule has 1 aromatic rings. The fourth-order valence-electron chi connectivity index (χ4n) is 2.24. The van der Waals surface area contributed by atoms with Crippen molar-refractivity contribution in [2.45, 2.75) is 30.7 Å². The Bertz CT molecular complexity index is 393. The third kappa shape index (κ3) is 3.62. The third-order valence-corrected chi connectivity index (χ3v) is 4.33. The van der Waals surface area contributed by atoms with Crippen molar-refractivity contribution in [1.29, 1.82) is 0 Å². The maximum absolute atomic E-state index is 6.23. The van der Waals surface area contributed by atoms with Crippen LogP contribution in [-0.4, -0.2) is 26.3 Å². The highest BCUT2D eigenvalue weighted by atomic mass is 79.9. The number of hydrogen-bond donors (Lipinski definition) is 0. The molecule has 1 heterocycles. The highest BCUT2D eigenvalue weighted by molar-refractivity contribution is 9.08. The van der Waals surface area contributed by atoms with Crippen LogP contribution in [0.4, 0.5) is 5.69 Å². The van der Waals surface area contributed by atoms with Gasteiger partial charge in [0.1, 0.15) is 0 Å². The van der Waals surface area contributed by atoms with Gasteiger partial charge < -0.3 is 9.64 Å². The maximum atomic E-state index is 6.23. The van der Waals surface area contributed by atoms with E-state index < -0.39 is 0 Å². The van der Waals surface area contributed by atoms with Crippen LogP contribution in [0.2, 0.25) is 5.02 Å². The first-order valence-corrected chi connectivity index (χ1v) is 7.88. The number of hydrogen-bond acceptors (Lipinski definition) is 2. The molecular weight excluding hydrogens is 314 g/mol. The van der Waals surface area contributed by atoms with Crippen molar-refractivity contribution in [3.63, 3.8) is 0 Å². The van der Waals surface area contributed by atoms with Gasteiger partial charge in [-0.15, -0.1) is 0 Å². The number of halogens is 2. The number of alkyl halides is 1. The van der Waals surface area contributed by atoms with E-state index in [9.17, 15) is 0 Å². The van der Waals surface area contributed by atoms with Gasteiger partial charge in [-0.1, -0.05) is 33.6 Å². The van der Waals surface area contributed by atoms with Gasteiger partial charge in [0, 0.05) is 36.2 Å². The average molecular weight is 333 g/mol. The van der Waals surface area contributed by atoms with Crippen LogP contribution in [-0.2, 0) is 10.1 Å². The molecule has 2 nitrogen and oxygen atoms in total. The van der Waals surface area contributed by atoms with Crippen LogP contribution in [0.15, 0.2) is 18.2 Å². The normalized spacial score (nSPS) is 19.8. The van der Waals surface area contributed by atoms with Crippen LogP contribution >= 0.6 is 27.5 Å². The average Bonchev–Trinajstić information content (AvgIpc) is 2.39. The van der Waals surface area contributed by atoms with Crippen molar-refractivity contribution >= 4 is 33.2 Å². The highest BCUT2D eigenvalue weighted by Crippen LogP contribution is 2.25. The minimum atomic E-state index is 0.360. The van der Waals surface area contributed by atoms with E-state index in [0.29, 0.717) is 6.10 Å². The van der Waals surface area contributed by atoms with E-state index in [1.54, 1.807) is 0 Å². The molecule has 0 aromatic heterocycles. The molecule has 4 heteroatoms. The molecule has 1 fully saturated rings. The molecule has 0 saturated carbocycles. The lowest BCUT2D eigenvalue weighted by Crippen LogP contribution is -2.33. The van der Waals surface area contributed by atoms with E-state index in [4.69, 9.17) is 16.3 Å². The monoisotopic (exact) mass is 331 g/mol. The second kappa shape index (κ2) is 6.78. The van der Waals surface area contributed by atoms with Gasteiger partial charge in [-0.3, -0.25) is 0 Å². The minimum Gasteiger partial charge on any atom is -0.376 e. The van der Waals surface area contributed by atoms with Gasteiger partial charge in [0.05, 0.1) is 6.10 Å². The van der Waals surface area contributed by atoms with Gasteiger partial charge in [0.25, 0.3) is 0 Å². The Hall–Kier alpha value is -0.250. The molecule has 1 aliphatic rings. The topological polar surface area (TPSA) is 12.5 Å². The van der Waals surface area contributed by atoms with Crippen molar-refractivity contribution in [3.05, 3.63) is 28.8 Å². The molecule has 0 aliphatic carbocycles. The lowest BCUT2D eigenvalue weighted by Gasteiger charge is -2.28. The Balaban J connectivity index is 1.99. The van der Waals surface area contributed by atoms with Gasteiger partial charge in [-0.2, -0.15) is 0 Å². The smallest absolute Gasteiger partial charge is 0.0749 e. The standard InChI is InChI=1S/C14H19BrClNO/c1-17(10-13-4-2-3-7-18-13)12-6-5-11(9-15)14(16)8-12/h5-6,8,13H,2-4,7,9-10H2,1H3. The summed E-state index contributed by atoms with van der Waals surface area (Å²) in [5, 5.41) is 1.61. The second-order valence-corrected chi connectivity index (χ2v) is 5.75. The summed E-state index contributed by atoms with van der Waals surface area (Å²) in [6, 6.07) is 6.22. The van der Waals surface area contributed by atoms with Crippen molar-refractivity contribution in [3.8, 4) is 0 Å². The number of ether oxygens (including phenoxy) is 1. The quantitative estimate of drug-likeness (QED) is 0.765. The molecule has 0 bridgehead atoms. The van der Waals surface area contributed by atoms with Gasteiger partial charge >= 0.3 is 0 Å². The fraction of sp³-hybridized carbons (Fsp3) is 0.571. The van der Waals surface area contributed by atoms with Crippen LogP contribution in [0.3, 0.4) is 0 Å². The molecule has 0 spiro atoms. The molecule has 1 saturated heterocycles. The summed E-state index contributed by atoms with van der Waals surface area (Å²) in [7, 11) is 2.09. The molecule has 0 amide bonds. The summed E-state index contributed by atoms with van der Waals surface area (Å²) >= 11 is 9.66. The van der Waals surface area contributed by atoms with Gasteiger partial charge in [0.2, 0.25) is 0 Å². The number of rotatable bonds is 4. The van der Waals surface area contributed by atoms with E-state index in [0.717, 1.165) is 41.2 Å². The Labute approximate surface area is 122 Å². The van der Waals surface area contributed by atoms with Gasteiger partial charge in [0.15, 0.2) is 0 Å². The van der Waals surface area contributed by atoms with E-state index in [2.05, 4.69) is 40.0 Å². The summed E-state index contributed by atoms with van der Waals surface area (Å²) in [5.41, 5.74) is 2.28. The zero-order valence-corrected chi connectivity index (χ0v) is 13.0. The van der Waals surface area contributed by atoms with Gasteiger partial charge in [-0.25, -0.2) is 0 Å². The van der Waals surface area contributed by atoms with Crippen LogP contribution in [0.25, 0.3) is 0 Å². The summed E-state index contributed by atoms with van der Waals surface area (Å²) in [6.45, 7) is 1.84. The van der Waals surface area contributed by atoms with Crippen molar-refractivity contribution < 1.29 is 4.74 Å². The fourth-order valence-corrected chi connectivity index (χ4v) is 3.14. The Morgan fingerprint density at radius 2 is 2.28 bits per heavy atom. The molecule has 1 atom stereocenters. The van der Waals surface area contributed by atoms with E-state index in [1.165, 1.54) is 12.8 Å². The molecule has 1 aromatic carbocycles. The molecule has 1 unspecified atom stereocenters. The number of benzene rings is 1. The van der Waals surface area contributed by atoms with Crippen LogP contribution < -0.4 is 4.90 Å². The predicted octanol–water partition coefficient (Wildman–Crippen LogP) is 4.24. The first-order valence-electron chi connectivity index (χ1n) is 6.38. The van der Waals surface area contributed by atoms with E-state index in [1.807, 2.05) is 6.07 Å². The number of nitrogens with zero attached hydrogens (tertiary/aromatic N) is 1. The zero-order valence-electron chi connectivity index (χ0n) is 10.7.